The van der Waals surface area contributed by atoms with Crippen LogP contribution >= 0.6 is 0 Å². The van der Waals surface area contributed by atoms with Crippen molar-refractivity contribution >= 4 is 17.8 Å². The monoisotopic (exact) mass is 263 g/mol. The quantitative estimate of drug-likeness (QED) is 0.736. The summed E-state index contributed by atoms with van der Waals surface area (Å²) >= 11 is 0. The van der Waals surface area contributed by atoms with Crippen LogP contribution in [0.1, 0.15) is 16.1 Å². The summed E-state index contributed by atoms with van der Waals surface area (Å²) in [7, 11) is 0. The van der Waals surface area contributed by atoms with Crippen molar-refractivity contribution in [3.63, 3.8) is 0 Å². The highest BCUT2D eigenvalue weighted by molar-refractivity contribution is 5.95. The van der Waals surface area contributed by atoms with Gasteiger partial charge in [-0.3, -0.25) is 14.4 Å². The molecule has 8 heteroatoms. The van der Waals surface area contributed by atoms with E-state index in [9.17, 15) is 14.4 Å². The number of rotatable bonds is 5. The summed E-state index contributed by atoms with van der Waals surface area (Å²) in [5.74, 6) is -3.49. The van der Waals surface area contributed by atoms with E-state index in [2.05, 4.69) is 4.98 Å². The molecule has 0 saturated heterocycles. The normalized spacial score (nSPS) is 9.42. The lowest BCUT2D eigenvalue weighted by molar-refractivity contribution is -0.140. The van der Waals surface area contributed by atoms with E-state index in [1.807, 2.05) is 6.07 Å². The third-order valence-electron chi connectivity index (χ3n) is 2.05. The molecule has 0 atom stereocenters. The van der Waals surface area contributed by atoms with Gasteiger partial charge >= 0.3 is 11.9 Å². The fraction of sp³-hybridized carbons (Fsp3) is 0.182. The minimum atomic E-state index is -1.33. The molecule has 0 radical (unpaired) electrons. The number of hydrogen-bond donors (Lipinski definition) is 2. The fourth-order valence-electron chi connectivity index (χ4n) is 1.27. The van der Waals surface area contributed by atoms with Crippen LogP contribution in [0, 0.1) is 11.3 Å². The first-order valence-electron chi connectivity index (χ1n) is 5.03. The Kier molecular flexibility index (Phi) is 4.54. The molecule has 0 aliphatic rings. The smallest absolute Gasteiger partial charge is 0.323 e. The van der Waals surface area contributed by atoms with Crippen LogP contribution in [0.3, 0.4) is 0 Å². The molecule has 8 nitrogen and oxygen atoms in total. The zero-order chi connectivity index (χ0) is 14.4. The Bertz CT molecular complexity index is 530. The van der Waals surface area contributed by atoms with E-state index in [1.165, 1.54) is 12.1 Å². The van der Waals surface area contributed by atoms with Crippen LogP contribution in [0.4, 0.5) is 0 Å². The second-order valence-electron chi connectivity index (χ2n) is 3.49. The molecular weight excluding hydrogens is 254 g/mol. The van der Waals surface area contributed by atoms with Gasteiger partial charge in [-0.15, -0.1) is 0 Å². The fourth-order valence-corrected chi connectivity index (χ4v) is 1.27. The number of nitriles is 1. The predicted molar refractivity (Wildman–Crippen MR) is 60.1 cm³/mol. The van der Waals surface area contributed by atoms with Gasteiger partial charge in [-0.25, -0.2) is 4.98 Å². The Hall–Kier alpha value is -2.95. The third-order valence-corrected chi connectivity index (χ3v) is 2.05. The van der Waals surface area contributed by atoms with Gasteiger partial charge in [0.15, 0.2) is 0 Å². The van der Waals surface area contributed by atoms with Gasteiger partial charge in [0.05, 0.1) is 5.56 Å². The average molecular weight is 263 g/mol. The van der Waals surface area contributed by atoms with E-state index in [-0.39, 0.29) is 11.3 Å². The van der Waals surface area contributed by atoms with Crippen LogP contribution < -0.4 is 0 Å². The van der Waals surface area contributed by atoms with Gasteiger partial charge in [0.1, 0.15) is 24.9 Å². The van der Waals surface area contributed by atoms with E-state index < -0.39 is 30.9 Å². The summed E-state index contributed by atoms with van der Waals surface area (Å²) in [6.07, 6.45) is 1.15. The minimum Gasteiger partial charge on any atom is -0.480 e. The van der Waals surface area contributed by atoms with Crippen molar-refractivity contribution in [3.05, 3.63) is 29.6 Å². The topological polar surface area (TPSA) is 132 Å². The van der Waals surface area contributed by atoms with Crippen molar-refractivity contribution in [3.8, 4) is 6.07 Å². The molecule has 0 aliphatic carbocycles. The molecule has 19 heavy (non-hydrogen) atoms. The molecular formula is C11H9N3O5. The molecule has 0 spiro atoms. The number of amides is 1. The molecule has 1 aromatic rings. The lowest BCUT2D eigenvalue weighted by Crippen LogP contribution is -2.39. The lowest BCUT2D eigenvalue weighted by atomic mass is 10.2. The number of carboxylic acids is 2. The highest BCUT2D eigenvalue weighted by Crippen LogP contribution is 2.04. The molecule has 1 aromatic heterocycles. The summed E-state index contributed by atoms with van der Waals surface area (Å²) in [4.78, 5) is 37.3. The summed E-state index contributed by atoms with van der Waals surface area (Å²) in [5, 5.41) is 25.8. The van der Waals surface area contributed by atoms with Crippen LogP contribution in [-0.4, -0.2) is 51.0 Å². The Balaban J connectivity index is 2.94. The molecule has 98 valence electrons. The second kappa shape index (κ2) is 6.11. The first-order valence-corrected chi connectivity index (χ1v) is 5.03. The summed E-state index contributed by atoms with van der Waals surface area (Å²) in [5.41, 5.74) is 0.112. The number of carbonyl (C=O) groups excluding carboxylic acids is 1. The second-order valence-corrected chi connectivity index (χ2v) is 3.49. The number of carbonyl (C=O) groups is 3. The van der Waals surface area contributed by atoms with E-state index in [1.54, 1.807) is 0 Å². The molecule has 0 saturated carbocycles. The molecule has 1 heterocycles. The maximum atomic E-state index is 11.9. The van der Waals surface area contributed by atoms with Gasteiger partial charge in [-0.05, 0) is 12.1 Å². The van der Waals surface area contributed by atoms with Crippen molar-refractivity contribution in [1.29, 1.82) is 5.26 Å². The van der Waals surface area contributed by atoms with Gasteiger partial charge in [-0.1, -0.05) is 0 Å². The van der Waals surface area contributed by atoms with Crippen LogP contribution in [-0.2, 0) is 9.59 Å². The van der Waals surface area contributed by atoms with Crippen molar-refractivity contribution in [2.45, 2.75) is 0 Å². The molecule has 1 amide bonds. The summed E-state index contributed by atoms with van der Waals surface area (Å²) in [6.45, 7) is -1.49. The van der Waals surface area contributed by atoms with Crippen molar-refractivity contribution in [2.75, 3.05) is 13.1 Å². The zero-order valence-electron chi connectivity index (χ0n) is 9.61. The largest absolute Gasteiger partial charge is 0.480 e. The Morgan fingerprint density at radius 2 is 1.79 bits per heavy atom. The van der Waals surface area contributed by atoms with E-state index in [4.69, 9.17) is 15.5 Å². The van der Waals surface area contributed by atoms with Crippen LogP contribution in [0.2, 0.25) is 0 Å². The maximum absolute atomic E-state index is 11.9. The highest BCUT2D eigenvalue weighted by atomic mass is 16.4. The molecule has 1 rings (SSSR count). The summed E-state index contributed by atoms with van der Waals surface area (Å²) in [6, 6.07) is 4.38. The maximum Gasteiger partial charge on any atom is 0.323 e. The number of hydrogen-bond acceptors (Lipinski definition) is 5. The van der Waals surface area contributed by atoms with Crippen LogP contribution in [0.15, 0.2) is 18.3 Å². The van der Waals surface area contributed by atoms with Gasteiger partial charge in [-0.2, -0.15) is 5.26 Å². The van der Waals surface area contributed by atoms with Crippen molar-refractivity contribution in [2.24, 2.45) is 0 Å². The molecule has 0 aliphatic heterocycles. The number of pyridine rings is 1. The predicted octanol–water partition coefficient (Wildman–Crippen LogP) is -0.435. The minimum absolute atomic E-state index is 0.124. The van der Waals surface area contributed by atoms with Crippen molar-refractivity contribution < 1.29 is 24.6 Å². The van der Waals surface area contributed by atoms with Crippen LogP contribution in [0.5, 0.6) is 0 Å². The van der Waals surface area contributed by atoms with Gasteiger partial charge < -0.3 is 15.1 Å². The van der Waals surface area contributed by atoms with Crippen molar-refractivity contribution in [1.82, 2.24) is 9.88 Å². The molecule has 2 N–H and O–H groups in total. The van der Waals surface area contributed by atoms with Gasteiger partial charge in [0.2, 0.25) is 0 Å². The zero-order valence-corrected chi connectivity index (χ0v) is 9.61. The highest BCUT2D eigenvalue weighted by Gasteiger charge is 2.21. The average Bonchev–Trinajstić information content (AvgIpc) is 2.36. The third kappa shape index (κ3) is 4.08. The molecule has 0 fully saturated rings. The first kappa shape index (κ1) is 14.1. The van der Waals surface area contributed by atoms with E-state index in [0.29, 0.717) is 4.90 Å². The van der Waals surface area contributed by atoms with Crippen LogP contribution in [0.25, 0.3) is 0 Å². The summed E-state index contributed by atoms with van der Waals surface area (Å²) < 4.78 is 0. The SMILES string of the molecule is N#Cc1ccc(C(=O)N(CC(=O)O)CC(=O)O)nc1. The number of carboxylic acid groups (broad SMARTS) is 2. The molecule has 0 aromatic carbocycles. The van der Waals surface area contributed by atoms with E-state index in [0.717, 1.165) is 6.20 Å². The first-order chi connectivity index (χ1) is 8.93. The number of nitrogens with zero attached hydrogens (tertiary/aromatic N) is 3. The Morgan fingerprint density at radius 3 is 2.16 bits per heavy atom. The van der Waals surface area contributed by atoms with Gasteiger partial charge in [0, 0.05) is 6.20 Å². The lowest BCUT2D eigenvalue weighted by Gasteiger charge is -2.17. The van der Waals surface area contributed by atoms with Gasteiger partial charge in [0.25, 0.3) is 5.91 Å². The molecule has 0 unspecified atom stereocenters. The Labute approximate surface area is 107 Å². The number of aromatic nitrogens is 1. The molecule has 0 bridgehead atoms. The van der Waals surface area contributed by atoms with E-state index >= 15 is 0 Å². The number of aliphatic carboxylic acids is 2. The Morgan fingerprint density at radius 1 is 1.21 bits per heavy atom. The standard InChI is InChI=1S/C11H9N3O5/c12-3-7-1-2-8(13-4-7)11(19)14(5-9(15)16)6-10(17)18/h1-2,4H,5-6H2,(H,15,16)(H,17,18).